The molecule has 11 heteroatoms. The van der Waals surface area contributed by atoms with Crippen LogP contribution in [-0.4, -0.2) is 45.3 Å². The van der Waals surface area contributed by atoms with Gasteiger partial charge in [0.25, 0.3) is 0 Å². The van der Waals surface area contributed by atoms with Crippen LogP contribution >= 0.6 is 23.1 Å². The van der Waals surface area contributed by atoms with Gasteiger partial charge in [-0.25, -0.2) is 22.9 Å². The van der Waals surface area contributed by atoms with Gasteiger partial charge in [0.15, 0.2) is 22.6 Å². The lowest BCUT2D eigenvalue weighted by Gasteiger charge is -2.36. The van der Waals surface area contributed by atoms with Crippen LogP contribution in [0.25, 0.3) is 0 Å². The maximum atomic E-state index is 13.6. The number of thioether (sulfide) groups is 1. The van der Waals surface area contributed by atoms with Crippen molar-refractivity contribution >= 4 is 40.2 Å². The summed E-state index contributed by atoms with van der Waals surface area (Å²) >= 11 is 2.29. The molecule has 1 fully saturated rings. The second kappa shape index (κ2) is 11.0. The number of carboxylic acids is 1. The molecule has 32 heavy (non-hydrogen) atoms. The lowest BCUT2D eigenvalue weighted by atomic mass is 9.86. The zero-order chi connectivity index (χ0) is 23.3. The van der Waals surface area contributed by atoms with Crippen molar-refractivity contribution in [2.45, 2.75) is 49.3 Å². The molecule has 2 amide bonds. The van der Waals surface area contributed by atoms with Gasteiger partial charge in [-0.1, -0.05) is 18.3 Å². The first-order valence-corrected chi connectivity index (χ1v) is 12.0. The van der Waals surface area contributed by atoms with E-state index in [4.69, 9.17) is 5.11 Å². The van der Waals surface area contributed by atoms with Crippen molar-refractivity contribution in [3.63, 3.8) is 0 Å². The molecular weight excluding hydrogens is 463 g/mol. The van der Waals surface area contributed by atoms with Crippen LogP contribution in [0.1, 0.15) is 38.2 Å². The average molecular weight is 488 g/mol. The highest BCUT2D eigenvalue weighted by Gasteiger charge is 2.28. The highest BCUT2D eigenvalue weighted by molar-refractivity contribution is 8.01. The van der Waals surface area contributed by atoms with E-state index in [2.05, 4.69) is 17.2 Å². The number of anilines is 1. The maximum Gasteiger partial charge on any atom is 0.323 e. The smallest absolute Gasteiger partial charge is 0.323 e. The van der Waals surface area contributed by atoms with Gasteiger partial charge in [0.2, 0.25) is 0 Å². The van der Waals surface area contributed by atoms with Gasteiger partial charge in [-0.2, -0.15) is 0 Å². The lowest BCUT2D eigenvalue weighted by molar-refractivity contribution is -0.133. The molecule has 1 aliphatic carbocycles. The molecule has 0 radical (unpaired) electrons. The first-order chi connectivity index (χ1) is 15.2. The van der Waals surface area contributed by atoms with Crippen LogP contribution in [0.15, 0.2) is 22.5 Å². The summed E-state index contributed by atoms with van der Waals surface area (Å²) in [6.45, 7) is 2.37. The molecule has 1 aliphatic rings. The van der Waals surface area contributed by atoms with Gasteiger partial charge in [-0.05, 0) is 55.7 Å². The van der Waals surface area contributed by atoms with Crippen molar-refractivity contribution in [2.75, 3.05) is 17.6 Å². The topological polar surface area (TPSA) is 82.5 Å². The predicted molar refractivity (Wildman–Crippen MR) is 118 cm³/mol. The van der Waals surface area contributed by atoms with E-state index in [0.717, 1.165) is 49.6 Å². The number of amides is 2. The Kier molecular flexibility index (Phi) is 8.41. The number of carbonyl (C=O) groups is 2. The van der Waals surface area contributed by atoms with Crippen LogP contribution in [0.2, 0.25) is 0 Å². The van der Waals surface area contributed by atoms with Gasteiger partial charge in [-0.3, -0.25) is 10.1 Å². The molecule has 1 saturated carbocycles. The number of carboxylic acid groups (broad SMARTS) is 1. The van der Waals surface area contributed by atoms with Gasteiger partial charge in [-0.15, -0.1) is 11.8 Å². The SMILES string of the molecule is C[C@H]1CC[C@H](N(CCc2cc(F)c(F)c(F)c2)C(=O)Nc2ncc(SCC(=O)O)s2)CC1. The van der Waals surface area contributed by atoms with E-state index >= 15 is 0 Å². The van der Waals surface area contributed by atoms with Crippen LogP contribution in [0.4, 0.5) is 23.1 Å². The first kappa shape index (κ1) is 24.4. The number of nitrogens with zero attached hydrogens (tertiary/aromatic N) is 2. The fraction of sp³-hybridized carbons (Fsp3) is 0.476. The average Bonchev–Trinajstić information content (AvgIpc) is 3.19. The molecule has 0 unspecified atom stereocenters. The number of hydrogen-bond donors (Lipinski definition) is 2. The van der Waals surface area contributed by atoms with Crippen LogP contribution in [0.3, 0.4) is 0 Å². The first-order valence-electron chi connectivity index (χ1n) is 10.2. The van der Waals surface area contributed by atoms with Crippen molar-refractivity contribution in [1.29, 1.82) is 0 Å². The number of thiazole rings is 1. The van der Waals surface area contributed by atoms with E-state index in [1.54, 1.807) is 4.90 Å². The summed E-state index contributed by atoms with van der Waals surface area (Å²) in [5.41, 5.74) is 0.269. The number of hydrogen-bond acceptors (Lipinski definition) is 5. The normalized spacial score (nSPS) is 18.4. The Morgan fingerprint density at radius 1 is 1.22 bits per heavy atom. The number of carbonyl (C=O) groups excluding carboxylic acids is 1. The fourth-order valence-electron chi connectivity index (χ4n) is 3.69. The second-order valence-corrected chi connectivity index (χ2v) is 10.1. The van der Waals surface area contributed by atoms with Gasteiger partial charge in [0.05, 0.1) is 16.2 Å². The third-order valence-electron chi connectivity index (χ3n) is 5.41. The van der Waals surface area contributed by atoms with Gasteiger partial charge in [0, 0.05) is 12.6 Å². The molecule has 2 N–H and O–H groups in total. The minimum Gasteiger partial charge on any atom is -0.481 e. The summed E-state index contributed by atoms with van der Waals surface area (Å²) in [6, 6.07) is 1.49. The Bertz CT molecular complexity index is 942. The molecule has 6 nitrogen and oxygen atoms in total. The number of aromatic nitrogens is 1. The summed E-state index contributed by atoms with van der Waals surface area (Å²) < 4.78 is 41.0. The Morgan fingerprint density at radius 2 is 1.88 bits per heavy atom. The summed E-state index contributed by atoms with van der Waals surface area (Å²) in [5.74, 6) is -4.49. The minimum absolute atomic E-state index is 0.0258. The summed E-state index contributed by atoms with van der Waals surface area (Å²) in [5, 5.41) is 11.9. The van der Waals surface area contributed by atoms with Gasteiger partial charge in [0.1, 0.15) is 0 Å². The molecule has 2 aromatic rings. The van der Waals surface area contributed by atoms with E-state index < -0.39 is 23.4 Å². The highest BCUT2D eigenvalue weighted by Crippen LogP contribution is 2.30. The van der Waals surface area contributed by atoms with Gasteiger partial charge < -0.3 is 10.0 Å². The zero-order valence-corrected chi connectivity index (χ0v) is 19.1. The summed E-state index contributed by atoms with van der Waals surface area (Å²) in [6.07, 6.45) is 5.26. The zero-order valence-electron chi connectivity index (χ0n) is 17.4. The monoisotopic (exact) mass is 487 g/mol. The molecule has 1 heterocycles. The molecular formula is C21H24F3N3O3S2. The Morgan fingerprint density at radius 3 is 2.50 bits per heavy atom. The number of urea groups is 1. The van der Waals surface area contributed by atoms with E-state index in [0.29, 0.717) is 15.3 Å². The van der Waals surface area contributed by atoms with E-state index in [1.165, 1.54) is 17.5 Å². The quantitative estimate of drug-likeness (QED) is 0.385. The Balaban J connectivity index is 1.69. The molecule has 174 valence electrons. The number of rotatable bonds is 8. The summed E-state index contributed by atoms with van der Waals surface area (Å²) in [7, 11) is 0. The van der Waals surface area contributed by atoms with Crippen molar-refractivity contribution in [1.82, 2.24) is 9.88 Å². The van der Waals surface area contributed by atoms with Crippen molar-refractivity contribution < 1.29 is 27.9 Å². The predicted octanol–water partition coefficient (Wildman–Crippen LogP) is 5.39. The molecule has 0 spiro atoms. The number of halogens is 3. The largest absolute Gasteiger partial charge is 0.481 e. The van der Waals surface area contributed by atoms with E-state index in [-0.39, 0.29) is 36.4 Å². The Labute approximate surface area is 192 Å². The molecule has 0 saturated heterocycles. The van der Waals surface area contributed by atoms with Crippen molar-refractivity contribution in [3.05, 3.63) is 41.3 Å². The number of nitrogens with one attached hydrogen (secondary N) is 1. The molecule has 3 rings (SSSR count). The number of benzene rings is 1. The standard InChI is InChI=1S/C21H24F3N3O3S2/c1-12-2-4-14(5-3-12)27(7-6-13-8-15(22)19(24)16(23)9-13)21(30)26-20-25-10-18(32-20)31-11-17(28)29/h8-10,12,14H,2-7,11H2,1H3,(H,28,29)(H,25,26,30)/t12-,14-. The lowest BCUT2D eigenvalue weighted by Crippen LogP contribution is -2.45. The molecule has 1 aromatic heterocycles. The summed E-state index contributed by atoms with van der Waals surface area (Å²) in [4.78, 5) is 29.5. The van der Waals surface area contributed by atoms with Crippen molar-refractivity contribution in [2.24, 2.45) is 5.92 Å². The third kappa shape index (κ3) is 6.61. The molecule has 1 aromatic carbocycles. The van der Waals surface area contributed by atoms with Crippen LogP contribution < -0.4 is 5.32 Å². The van der Waals surface area contributed by atoms with E-state index in [1.807, 2.05) is 0 Å². The van der Waals surface area contributed by atoms with E-state index in [9.17, 15) is 22.8 Å². The second-order valence-electron chi connectivity index (χ2n) is 7.83. The van der Waals surface area contributed by atoms with Gasteiger partial charge >= 0.3 is 12.0 Å². The molecule has 0 bridgehead atoms. The van der Waals surface area contributed by atoms with Crippen molar-refractivity contribution in [3.8, 4) is 0 Å². The van der Waals surface area contributed by atoms with Crippen LogP contribution in [0.5, 0.6) is 0 Å². The fourth-order valence-corrected chi connectivity index (χ4v) is 5.27. The third-order valence-corrected chi connectivity index (χ3v) is 7.50. The van der Waals surface area contributed by atoms with Crippen LogP contribution in [-0.2, 0) is 11.2 Å². The molecule has 0 aliphatic heterocycles. The Hall–Kier alpha value is -2.27. The number of aliphatic carboxylic acids is 1. The maximum absolute atomic E-state index is 13.6. The van der Waals surface area contributed by atoms with Crippen LogP contribution in [0, 0.1) is 23.4 Å². The highest BCUT2D eigenvalue weighted by atomic mass is 32.2. The minimum atomic E-state index is -1.51. The molecule has 0 atom stereocenters.